The van der Waals surface area contributed by atoms with Gasteiger partial charge in [-0.15, -0.1) is 0 Å². The molecule has 0 aromatic heterocycles. The van der Waals surface area contributed by atoms with E-state index in [4.69, 9.17) is 18.4 Å². The fourth-order valence-corrected chi connectivity index (χ4v) is 4.35. The van der Waals surface area contributed by atoms with Gasteiger partial charge in [-0.3, -0.25) is 0 Å². The van der Waals surface area contributed by atoms with Crippen LogP contribution in [0.2, 0.25) is 0 Å². The van der Waals surface area contributed by atoms with E-state index in [9.17, 15) is 18.0 Å². The van der Waals surface area contributed by atoms with Crippen LogP contribution in [0, 0.1) is 13.8 Å². The normalized spacial score (nSPS) is 13.8. The highest BCUT2D eigenvalue weighted by Gasteiger charge is 2.22. The number of ether oxygens (including phenoxy) is 3. The maximum Gasteiger partial charge on any atom is 0.410 e. The molecule has 2 aromatic rings. The number of hydrogen-bond donors (Lipinski definition) is 0. The molecule has 1 aliphatic rings. The van der Waals surface area contributed by atoms with Crippen molar-refractivity contribution in [2.24, 2.45) is 0 Å². The number of amides is 1. The maximum atomic E-state index is 12.8. The van der Waals surface area contributed by atoms with Crippen LogP contribution in [0.15, 0.2) is 47.4 Å². The lowest BCUT2D eigenvalue weighted by atomic mass is 10.2. The van der Waals surface area contributed by atoms with Crippen molar-refractivity contribution in [3.05, 3.63) is 59.2 Å². The molecular formula is C23H25NO8S. The van der Waals surface area contributed by atoms with Gasteiger partial charge in [0.25, 0.3) is 0 Å². The molecule has 0 N–H and O–H groups in total. The highest BCUT2D eigenvalue weighted by molar-refractivity contribution is 7.87. The van der Waals surface area contributed by atoms with Gasteiger partial charge >= 0.3 is 22.2 Å². The van der Waals surface area contributed by atoms with Gasteiger partial charge < -0.3 is 23.3 Å². The summed E-state index contributed by atoms with van der Waals surface area (Å²) in [5.41, 5.74) is 1.94. The van der Waals surface area contributed by atoms with Gasteiger partial charge in [0.2, 0.25) is 0 Å². The van der Waals surface area contributed by atoms with E-state index < -0.39 is 22.2 Å². The van der Waals surface area contributed by atoms with Crippen LogP contribution < -0.4 is 8.92 Å². The van der Waals surface area contributed by atoms with Gasteiger partial charge in [0.05, 0.1) is 20.2 Å². The molecule has 1 fully saturated rings. The third kappa shape index (κ3) is 6.26. The van der Waals surface area contributed by atoms with E-state index in [-0.39, 0.29) is 29.5 Å². The summed E-state index contributed by atoms with van der Waals surface area (Å²) in [6.07, 6.45) is 2.30. The first-order valence-electron chi connectivity index (χ1n) is 10.2. The lowest BCUT2D eigenvalue weighted by Gasteiger charge is -2.13. The quantitative estimate of drug-likeness (QED) is 0.309. The number of nitrogens with zero attached hydrogens (tertiary/aromatic N) is 1. The maximum absolute atomic E-state index is 12.8. The van der Waals surface area contributed by atoms with Gasteiger partial charge in [-0.1, -0.05) is 18.2 Å². The average molecular weight is 476 g/mol. The number of aryl methyl sites for hydroxylation is 2. The van der Waals surface area contributed by atoms with Crippen molar-refractivity contribution in [2.45, 2.75) is 18.7 Å². The monoisotopic (exact) mass is 475 g/mol. The Morgan fingerprint density at radius 1 is 1.15 bits per heavy atom. The van der Waals surface area contributed by atoms with Gasteiger partial charge in [-0.05, 0) is 54.8 Å². The number of hydrogen-bond acceptors (Lipinski definition) is 8. The molecule has 1 amide bonds. The highest BCUT2D eigenvalue weighted by Crippen LogP contribution is 2.32. The Labute approximate surface area is 192 Å². The van der Waals surface area contributed by atoms with Crippen LogP contribution in [0.4, 0.5) is 4.79 Å². The molecule has 3 rings (SSSR count). The zero-order valence-corrected chi connectivity index (χ0v) is 19.4. The highest BCUT2D eigenvalue weighted by atomic mass is 32.2. The molecule has 1 heterocycles. The van der Waals surface area contributed by atoms with Gasteiger partial charge in [0.15, 0.2) is 11.5 Å². The second-order valence-corrected chi connectivity index (χ2v) is 8.83. The first kappa shape index (κ1) is 24.1. The van der Waals surface area contributed by atoms with Crippen LogP contribution in [0.5, 0.6) is 11.5 Å². The van der Waals surface area contributed by atoms with Crippen LogP contribution in [0.1, 0.15) is 16.7 Å². The SMILES string of the molecule is COc1cc(/C=C/C(=O)OCCN2CCOC2=O)ccc1OS(=O)(=O)c1cc(C)ccc1C. The summed E-state index contributed by atoms with van der Waals surface area (Å²) in [6.45, 7) is 4.60. The largest absolute Gasteiger partial charge is 0.493 e. The number of rotatable bonds is 9. The number of carbonyl (C=O) groups is 2. The topological polar surface area (TPSA) is 108 Å². The summed E-state index contributed by atoms with van der Waals surface area (Å²) in [7, 11) is -2.68. The summed E-state index contributed by atoms with van der Waals surface area (Å²) in [4.78, 5) is 24.8. The minimum Gasteiger partial charge on any atom is -0.493 e. The van der Waals surface area contributed by atoms with Crippen LogP contribution in [-0.4, -0.2) is 58.8 Å². The minimum absolute atomic E-state index is 0.0237. The van der Waals surface area contributed by atoms with Crippen molar-refractivity contribution in [3.63, 3.8) is 0 Å². The van der Waals surface area contributed by atoms with Crippen LogP contribution in [-0.2, 0) is 24.4 Å². The smallest absolute Gasteiger partial charge is 0.410 e. The van der Waals surface area contributed by atoms with E-state index in [1.165, 1.54) is 36.3 Å². The van der Waals surface area contributed by atoms with Crippen molar-refractivity contribution < 1.29 is 36.4 Å². The molecule has 176 valence electrons. The number of esters is 1. The Hall–Kier alpha value is -3.53. The molecule has 0 radical (unpaired) electrons. The van der Waals surface area contributed by atoms with Crippen molar-refractivity contribution >= 4 is 28.3 Å². The molecule has 1 saturated heterocycles. The summed E-state index contributed by atoms with van der Waals surface area (Å²) >= 11 is 0. The number of methoxy groups -OCH3 is 1. The molecule has 0 saturated carbocycles. The molecule has 0 unspecified atom stereocenters. The second-order valence-electron chi connectivity index (χ2n) is 7.32. The fourth-order valence-electron chi connectivity index (χ4n) is 3.09. The molecule has 0 bridgehead atoms. The predicted molar refractivity (Wildman–Crippen MR) is 120 cm³/mol. The van der Waals surface area contributed by atoms with Gasteiger partial charge in [-0.2, -0.15) is 8.42 Å². The van der Waals surface area contributed by atoms with E-state index in [0.717, 1.165) is 5.56 Å². The average Bonchev–Trinajstić information content (AvgIpc) is 3.19. The molecule has 0 atom stereocenters. The summed E-state index contributed by atoms with van der Waals surface area (Å²) in [6, 6.07) is 9.66. The van der Waals surface area contributed by atoms with E-state index in [2.05, 4.69) is 0 Å². The number of carbonyl (C=O) groups excluding carboxylic acids is 2. The van der Waals surface area contributed by atoms with Crippen LogP contribution in [0.25, 0.3) is 6.08 Å². The van der Waals surface area contributed by atoms with Gasteiger partial charge in [0, 0.05) is 6.08 Å². The number of cyclic esters (lactones) is 1. The Morgan fingerprint density at radius 3 is 2.64 bits per heavy atom. The predicted octanol–water partition coefficient (Wildman–Crippen LogP) is 3.09. The van der Waals surface area contributed by atoms with Gasteiger partial charge in [-0.25, -0.2) is 9.59 Å². The Balaban J connectivity index is 1.64. The first-order chi connectivity index (χ1) is 15.7. The molecule has 0 aliphatic carbocycles. The molecule has 0 spiro atoms. The van der Waals surface area contributed by atoms with Gasteiger partial charge in [0.1, 0.15) is 18.1 Å². The summed E-state index contributed by atoms with van der Waals surface area (Å²) < 4.78 is 46.0. The van der Waals surface area contributed by atoms with Crippen molar-refractivity contribution in [1.29, 1.82) is 0 Å². The minimum atomic E-state index is -4.07. The molecule has 33 heavy (non-hydrogen) atoms. The summed E-state index contributed by atoms with van der Waals surface area (Å²) in [5, 5.41) is 0. The zero-order chi connectivity index (χ0) is 24.0. The van der Waals surface area contributed by atoms with E-state index >= 15 is 0 Å². The molecule has 1 aliphatic heterocycles. The van der Waals surface area contributed by atoms with E-state index in [1.807, 2.05) is 6.07 Å². The second kappa shape index (κ2) is 10.4. The van der Waals surface area contributed by atoms with Crippen molar-refractivity contribution in [1.82, 2.24) is 4.90 Å². The summed E-state index contributed by atoms with van der Waals surface area (Å²) in [5.74, 6) is -0.373. The first-order valence-corrected chi connectivity index (χ1v) is 11.6. The van der Waals surface area contributed by atoms with Crippen molar-refractivity contribution in [3.8, 4) is 11.5 Å². The van der Waals surface area contributed by atoms with Crippen LogP contribution >= 0.6 is 0 Å². The Bertz CT molecular complexity index is 1170. The fraction of sp³-hybridized carbons (Fsp3) is 0.304. The third-order valence-corrected chi connectivity index (χ3v) is 6.24. The molecule has 2 aromatic carbocycles. The lowest BCUT2D eigenvalue weighted by molar-refractivity contribution is -0.137. The van der Waals surface area contributed by atoms with E-state index in [0.29, 0.717) is 24.3 Å². The molecule has 10 heteroatoms. The number of benzene rings is 2. The Kier molecular flexibility index (Phi) is 7.59. The van der Waals surface area contributed by atoms with Crippen molar-refractivity contribution in [2.75, 3.05) is 33.4 Å². The lowest BCUT2D eigenvalue weighted by Crippen LogP contribution is -2.28. The standard InChI is InChI=1S/C23H25NO8S/c1-16-4-5-17(2)21(14-16)33(27,28)32-19-8-6-18(15-20(19)29-3)7-9-22(25)30-12-10-24-11-13-31-23(24)26/h4-9,14-15H,10-13H2,1-3H3/b9-7+. The zero-order valence-electron chi connectivity index (χ0n) is 18.6. The molecular weight excluding hydrogens is 450 g/mol. The Morgan fingerprint density at radius 2 is 1.94 bits per heavy atom. The molecule has 9 nitrogen and oxygen atoms in total. The van der Waals surface area contributed by atoms with Crippen LogP contribution in [0.3, 0.4) is 0 Å². The third-order valence-electron chi connectivity index (χ3n) is 4.86. The van der Waals surface area contributed by atoms with E-state index in [1.54, 1.807) is 32.0 Å².